The molecule has 0 aliphatic carbocycles. The van der Waals surface area contributed by atoms with E-state index >= 15 is 0 Å². The van der Waals surface area contributed by atoms with Crippen LogP contribution in [0, 0.1) is 5.82 Å². The summed E-state index contributed by atoms with van der Waals surface area (Å²) in [5.74, 6) is -0.562. The molecule has 2 aromatic rings. The lowest BCUT2D eigenvalue weighted by Gasteiger charge is -2.21. The van der Waals surface area contributed by atoms with E-state index in [-0.39, 0.29) is 24.1 Å². The fraction of sp³-hybridized carbons (Fsp3) is 0.263. The summed E-state index contributed by atoms with van der Waals surface area (Å²) in [6, 6.07) is 13.1. The van der Waals surface area contributed by atoms with Crippen molar-refractivity contribution in [1.29, 1.82) is 0 Å². The molecule has 0 saturated heterocycles. The van der Waals surface area contributed by atoms with Crippen LogP contribution in [0.1, 0.15) is 18.1 Å². The maximum absolute atomic E-state index is 12.8. The predicted octanol–water partition coefficient (Wildman–Crippen LogP) is 3.19. The van der Waals surface area contributed by atoms with Gasteiger partial charge < -0.3 is 10.2 Å². The highest BCUT2D eigenvalue weighted by Crippen LogP contribution is 2.11. The van der Waals surface area contributed by atoms with Crippen LogP contribution in [0.5, 0.6) is 0 Å². The average Bonchev–Trinajstić information content (AvgIpc) is 2.57. The van der Waals surface area contributed by atoms with E-state index in [1.807, 2.05) is 12.1 Å². The minimum Gasteiger partial charge on any atom is -0.354 e. The first-order valence-corrected chi connectivity index (χ1v) is 8.33. The predicted molar refractivity (Wildman–Crippen MR) is 95.7 cm³/mol. The smallest absolute Gasteiger partial charge is 0.224 e. The fourth-order valence-corrected chi connectivity index (χ4v) is 2.46. The normalized spacial score (nSPS) is 10.4. The molecule has 4 nitrogen and oxygen atoms in total. The molecule has 0 aliphatic heterocycles. The summed E-state index contributed by atoms with van der Waals surface area (Å²) in [5.41, 5.74) is 1.71. The van der Waals surface area contributed by atoms with Gasteiger partial charge in [-0.3, -0.25) is 9.59 Å². The second kappa shape index (κ2) is 9.18. The van der Waals surface area contributed by atoms with Crippen molar-refractivity contribution >= 4 is 23.4 Å². The summed E-state index contributed by atoms with van der Waals surface area (Å²) in [5, 5.41) is 3.42. The maximum atomic E-state index is 12.8. The largest absolute Gasteiger partial charge is 0.354 e. The van der Waals surface area contributed by atoms with Crippen LogP contribution in [-0.2, 0) is 22.6 Å². The number of carbonyl (C=O) groups is 2. The van der Waals surface area contributed by atoms with Gasteiger partial charge in [0.15, 0.2) is 0 Å². The van der Waals surface area contributed by atoms with Crippen molar-refractivity contribution < 1.29 is 14.0 Å². The standard InChI is InChI=1S/C19H20ClFN2O2/c1-14(24)23(13-16-2-6-17(20)7-3-16)11-10-22-19(25)12-15-4-8-18(21)9-5-15/h2-9H,10-13H2,1H3,(H,22,25). The number of hydrogen-bond acceptors (Lipinski definition) is 2. The molecule has 0 fully saturated rings. The Balaban J connectivity index is 1.80. The number of hydrogen-bond donors (Lipinski definition) is 1. The number of nitrogens with one attached hydrogen (secondary N) is 1. The number of carbonyl (C=O) groups excluding carboxylic acids is 2. The van der Waals surface area contributed by atoms with Gasteiger partial charge in [0.05, 0.1) is 6.42 Å². The van der Waals surface area contributed by atoms with E-state index < -0.39 is 0 Å². The summed E-state index contributed by atoms with van der Waals surface area (Å²) in [6.45, 7) is 2.72. The van der Waals surface area contributed by atoms with E-state index in [2.05, 4.69) is 5.32 Å². The molecular formula is C19H20ClFN2O2. The van der Waals surface area contributed by atoms with Crippen molar-refractivity contribution in [2.45, 2.75) is 19.9 Å². The lowest BCUT2D eigenvalue weighted by atomic mass is 10.1. The Bertz CT molecular complexity index is 717. The van der Waals surface area contributed by atoms with Gasteiger partial charge in [-0.15, -0.1) is 0 Å². The highest BCUT2D eigenvalue weighted by Gasteiger charge is 2.10. The highest BCUT2D eigenvalue weighted by molar-refractivity contribution is 6.30. The molecule has 2 aromatic carbocycles. The van der Waals surface area contributed by atoms with Gasteiger partial charge in [0, 0.05) is 31.6 Å². The van der Waals surface area contributed by atoms with Crippen LogP contribution in [-0.4, -0.2) is 29.8 Å². The van der Waals surface area contributed by atoms with Crippen LogP contribution in [0.3, 0.4) is 0 Å². The van der Waals surface area contributed by atoms with Crippen molar-refractivity contribution in [2.75, 3.05) is 13.1 Å². The van der Waals surface area contributed by atoms with Crippen LogP contribution in [0.15, 0.2) is 48.5 Å². The Morgan fingerprint density at radius 1 is 1.04 bits per heavy atom. The lowest BCUT2D eigenvalue weighted by Crippen LogP contribution is -2.37. The van der Waals surface area contributed by atoms with Gasteiger partial charge in [0.25, 0.3) is 0 Å². The Kier molecular flexibility index (Phi) is 6.95. The Labute approximate surface area is 151 Å². The Morgan fingerprint density at radius 3 is 2.24 bits per heavy atom. The molecule has 0 aliphatic rings. The van der Waals surface area contributed by atoms with Crippen LogP contribution < -0.4 is 5.32 Å². The number of benzene rings is 2. The van der Waals surface area contributed by atoms with Crippen molar-refractivity contribution in [1.82, 2.24) is 10.2 Å². The van der Waals surface area contributed by atoms with E-state index in [9.17, 15) is 14.0 Å². The Hall–Kier alpha value is -2.40. The van der Waals surface area contributed by atoms with E-state index in [4.69, 9.17) is 11.6 Å². The fourth-order valence-electron chi connectivity index (χ4n) is 2.34. The molecule has 1 N–H and O–H groups in total. The van der Waals surface area contributed by atoms with Crippen LogP contribution in [0.4, 0.5) is 4.39 Å². The van der Waals surface area contributed by atoms with Gasteiger partial charge >= 0.3 is 0 Å². The lowest BCUT2D eigenvalue weighted by molar-refractivity contribution is -0.130. The molecule has 0 atom stereocenters. The van der Waals surface area contributed by atoms with E-state index in [1.54, 1.807) is 29.2 Å². The van der Waals surface area contributed by atoms with Gasteiger partial charge in [-0.1, -0.05) is 35.9 Å². The minimum absolute atomic E-state index is 0.0669. The second-order valence-electron chi connectivity index (χ2n) is 5.72. The van der Waals surface area contributed by atoms with E-state index in [0.717, 1.165) is 11.1 Å². The maximum Gasteiger partial charge on any atom is 0.224 e. The van der Waals surface area contributed by atoms with Crippen molar-refractivity contribution in [3.63, 3.8) is 0 Å². The third-order valence-electron chi connectivity index (χ3n) is 3.71. The van der Waals surface area contributed by atoms with Gasteiger partial charge in [-0.2, -0.15) is 0 Å². The third-order valence-corrected chi connectivity index (χ3v) is 3.97. The van der Waals surface area contributed by atoms with Crippen molar-refractivity contribution in [2.24, 2.45) is 0 Å². The topological polar surface area (TPSA) is 49.4 Å². The minimum atomic E-state index is -0.330. The first kappa shape index (κ1) is 18.9. The second-order valence-corrected chi connectivity index (χ2v) is 6.16. The summed E-state index contributed by atoms with van der Waals surface area (Å²) in [4.78, 5) is 25.3. The van der Waals surface area contributed by atoms with Gasteiger partial charge in [0.1, 0.15) is 5.82 Å². The summed E-state index contributed by atoms with van der Waals surface area (Å²) in [7, 11) is 0. The number of amides is 2. The van der Waals surface area contributed by atoms with Gasteiger partial charge in [-0.25, -0.2) is 4.39 Å². The molecule has 0 unspecified atom stereocenters. The van der Waals surface area contributed by atoms with E-state index in [1.165, 1.54) is 19.1 Å². The number of nitrogens with zero attached hydrogens (tertiary/aromatic N) is 1. The third kappa shape index (κ3) is 6.55. The first-order chi connectivity index (χ1) is 11.9. The molecule has 2 amide bonds. The Morgan fingerprint density at radius 2 is 1.64 bits per heavy atom. The molecule has 0 saturated carbocycles. The van der Waals surface area contributed by atoms with Gasteiger partial charge in [-0.05, 0) is 35.4 Å². The number of halogens is 2. The molecule has 2 rings (SSSR count). The quantitative estimate of drug-likeness (QED) is 0.822. The number of rotatable bonds is 7. The summed E-state index contributed by atoms with van der Waals surface area (Å²) >= 11 is 5.86. The zero-order valence-corrected chi connectivity index (χ0v) is 14.7. The first-order valence-electron chi connectivity index (χ1n) is 7.95. The van der Waals surface area contributed by atoms with Crippen LogP contribution in [0.2, 0.25) is 5.02 Å². The van der Waals surface area contributed by atoms with E-state index in [0.29, 0.717) is 24.7 Å². The zero-order valence-electron chi connectivity index (χ0n) is 14.0. The summed E-state index contributed by atoms with van der Waals surface area (Å²) < 4.78 is 12.8. The average molecular weight is 363 g/mol. The molecule has 0 spiro atoms. The summed E-state index contributed by atoms with van der Waals surface area (Å²) in [6.07, 6.45) is 0.178. The molecule has 6 heteroatoms. The van der Waals surface area contributed by atoms with Gasteiger partial charge in [0.2, 0.25) is 11.8 Å². The monoisotopic (exact) mass is 362 g/mol. The molecule has 0 aromatic heterocycles. The molecule has 132 valence electrons. The van der Waals surface area contributed by atoms with Crippen molar-refractivity contribution in [3.8, 4) is 0 Å². The van der Waals surface area contributed by atoms with Crippen LogP contribution >= 0.6 is 11.6 Å². The highest BCUT2D eigenvalue weighted by atomic mass is 35.5. The van der Waals surface area contributed by atoms with Crippen molar-refractivity contribution in [3.05, 3.63) is 70.5 Å². The molecule has 0 bridgehead atoms. The molecular weight excluding hydrogens is 343 g/mol. The van der Waals surface area contributed by atoms with Crippen LogP contribution in [0.25, 0.3) is 0 Å². The zero-order chi connectivity index (χ0) is 18.2. The molecule has 0 radical (unpaired) electrons. The SMILES string of the molecule is CC(=O)N(CCNC(=O)Cc1ccc(F)cc1)Cc1ccc(Cl)cc1. The molecule has 25 heavy (non-hydrogen) atoms. The molecule has 0 heterocycles.